The molecule has 1 saturated heterocycles. The van der Waals surface area contributed by atoms with Crippen LogP contribution in [0.2, 0.25) is 0 Å². The van der Waals surface area contributed by atoms with Crippen LogP contribution in [-0.4, -0.2) is 64.5 Å². The number of rotatable bonds is 11. The van der Waals surface area contributed by atoms with Gasteiger partial charge < -0.3 is 24.3 Å². The molecule has 0 bridgehead atoms. The van der Waals surface area contributed by atoms with Gasteiger partial charge in [0.05, 0.1) is 40.1 Å². The van der Waals surface area contributed by atoms with Crippen molar-refractivity contribution in [1.29, 1.82) is 0 Å². The molecular weight excluding hydrogens is 408 g/mol. The summed E-state index contributed by atoms with van der Waals surface area (Å²) >= 11 is 0. The zero-order chi connectivity index (χ0) is 22.8. The third-order valence-corrected chi connectivity index (χ3v) is 5.55. The van der Waals surface area contributed by atoms with Crippen molar-refractivity contribution in [3.8, 4) is 17.2 Å². The van der Waals surface area contributed by atoms with Crippen LogP contribution in [0.1, 0.15) is 41.7 Å². The Morgan fingerprint density at radius 3 is 2.47 bits per heavy atom. The van der Waals surface area contributed by atoms with Crippen LogP contribution in [0.5, 0.6) is 17.2 Å². The maximum Gasteiger partial charge on any atom is 0.251 e. The molecule has 1 atom stereocenters. The first-order valence-electron chi connectivity index (χ1n) is 11.2. The second kappa shape index (κ2) is 12.3. The largest absolute Gasteiger partial charge is 0.497 e. The van der Waals surface area contributed by atoms with Crippen LogP contribution in [0.15, 0.2) is 42.5 Å². The molecule has 7 heteroatoms. The molecule has 1 amide bonds. The Balaban J connectivity index is 1.75. The highest BCUT2D eigenvalue weighted by Crippen LogP contribution is 2.29. The number of methoxy groups -OCH3 is 2. The highest BCUT2D eigenvalue weighted by molar-refractivity contribution is 5.95. The van der Waals surface area contributed by atoms with E-state index in [1.165, 1.54) is 0 Å². The van der Waals surface area contributed by atoms with Crippen molar-refractivity contribution in [2.45, 2.75) is 25.8 Å². The van der Waals surface area contributed by atoms with Gasteiger partial charge in [0.2, 0.25) is 0 Å². The molecule has 0 spiro atoms. The van der Waals surface area contributed by atoms with Crippen LogP contribution >= 0.6 is 0 Å². The number of nitrogens with zero attached hydrogens (tertiary/aromatic N) is 1. The maximum atomic E-state index is 13.2. The molecule has 0 unspecified atom stereocenters. The van der Waals surface area contributed by atoms with Gasteiger partial charge in [-0.25, -0.2) is 0 Å². The SMILES string of the molecule is CCCCOc1ccc(C(=O)N[C@@H](CN2CCOCC2)c2ccc(OC)cc2)cc1OC. The van der Waals surface area contributed by atoms with Crippen molar-refractivity contribution in [3.05, 3.63) is 53.6 Å². The van der Waals surface area contributed by atoms with Crippen LogP contribution in [-0.2, 0) is 4.74 Å². The van der Waals surface area contributed by atoms with E-state index >= 15 is 0 Å². The van der Waals surface area contributed by atoms with Gasteiger partial charge in [0.1, 0.15) is 5.75 Å². The summed E-state index contributed by atoms with van der Waals surface area (Å²) in [4.78, 5) is 15.5. The molecule has 0 aliphatic carbocycles. The molecule has 3 rings (SSSR count). The van der Waals surface area contributed by atoms with Crippen molar-refractivity contribution in [2.75, 3.05) is 53.7 Å². The van der Waals surface area contributed by atoms with Crippen LogP contribution in [0.25, 0.3) is 0 Å². The average Bonchev–Trinajstić information content (AvgIpc) is 2.84. The number of benzene rings is 2. The second-order valence-electron chi connectivity index (χ2n) is 7.78. The molecule has 1 N–H and O–H groups in total. The summed E-state index contributed by atoms with van der Waals surface area (Å²) in [6.07, 6.45) is 2.02. The third kappa shape index (κ3) is 6.61. The Kier molecular flexibility index (Phi) is 9.19. The summed E-state index contributed by atoms with van der Waals surface area (Å²) < 4.78 is 22.0. The number of hydrogen-bond acceptors (Lipinski definition) is 6. The van der Waals surface area contributed by atoms with Crippen LogP contribution < -0.4 is 19.5 Å². The van der Waals surface area contributed by atoms with E-state index in [1.807, 2.05) is 24.3 Å². The zero-order valence-corrected chi connectivity index (χ0v) is 19.3. The van der Waals surface area contributed by atoms with Gasteiger partial charge in [-0.3, -0.25) is 9.69 Å². The number of amides is 1. The molecule has 0 radical (unpaired) electrons. The van der Waals surface area contributed by atoms with E-state index in [9.17, 15) is 4.79 Å². The standard InChI is InChI=1S/C25H34N2O5/c1-4-5-14-32-23-11-8-20(17-24(23)30-3)25(28)26-22(18-27-12-15-31-16-13-27)19-6-9-21(29-2)10-7-19/h6-11,17,22H,4-5,12-16,18H2,1-3H3,(H,26,28)/t22-/m0/s1. The first-order valence-corrected chi connectivity index (χ1v) is 11.2. The Morgan fingerprint density at radius 1 is 1.06 bits per heavy atom. The lowest BCUT2D eigenvalue weighted by molar-refractivity contribution is 0.0332. The topological polar surface area (TPSA) is 69.3 Å². The summed E-state index contributed by atoms with van der Waals surface area (Å²) in [5, 5.41) is 3.20. The number of carbonyl (C=O) groups excluding carboxylic acids is 1. The quantitative estimate of drug-likeness (QED) is 0.536. The van der Waals surface area contributed by atoms with Crippen molar-refractivity contribution in [1.82, 2.24) is 10.2 Å². The fourth-order valence-electron chi connectivity index (χ4n) is 3.61. The lowest BCUT2D eigenvalue weighted by Crippen LogP contribution is -2.43. The van der Waals surface area contributed by atoms with Gasteiger partial charge in [-0.15, -0.1) is 0 Å². The molecule has 1 fully saturated rings. The fourth-order valence-corrected chi connectivity index (χ4v) is 3.61. The molecule has 0 saturated carbocycles. The molecule has 2 aromatic carbocycles. The average molecular weight is 443 g/mol. The van der Waals surface area contributed by atoms with E-state index in [4.69, 9.17) is 18.9 Å². The van der Waals surface area contributed by atoms with Crippen molar-refractivity contribution in [2.24, 2.45) is 0 Å². The van der Waals surface area contributed by atoms with E-state index in [0.29, 0.717) is 43.4 Å². The summed E-state index contributed by atoms with van der Waals surface area (Å²) in [5.74, 6) is 1.84. The van der Waals surface area contributed by atoms with Gasteiger partial charge in [-0.2, -0.15) is 0 Å². The smallest absolute Gasteiger partial charge is 0.251 e. The number of carbonyl (C=O) groups is 1. The fraction of sp³-hybridized carbons (Fsp3) is 0.480. The first kappa shape index (κ1) is 23.9. The molecular formula is C25H34N2O5. The van der Waals surface area contributed by atoms with Crippen LogP contribution in [0.3, 0.4) is 0 Å². The highest BCUT2D eigenvalue weighted by Gasteiger charge is 2.21. The van der Waals surface area contributed by atoms with E-state index in [2.05, 4.69) is 17.1 Å². The summed E-state index contributed by atoms with van der Waals surface area (Å²) in [6.45, 7) is 6.55. The minimum absolute atomic E-state index is 0.155. The second-order valence-corrected chi connectivity index (χ2v) is 7.78. The summed E-state index contributed by atoms with van der Waals surface area (Å²) in [7, 11) is 3.23. The van der Waals surface area contributed by atoms with Crippen LogP contribution in [0, 0.1) is 0 Å². The summed E-state index contributed by atoms with van der Waals surface area (Å²) in [6, 6.07) is 13.0. The van der Waals surface area contributed by atoms with Gasteiger partial charge >= 0.3 is 0 Å². The lowest BCUT2D eigenvalue weighted by Gasteiger charge is -2.31. The minimum atomic E-state index is -0.169. The summed E-state index contributed by atoms with van der Waals surface area (Å²) in [5.41, 5.74) is 1.56. The van der Waals surface area contributed by atoms with Crippen molar-refractivity contribution in [3.63, 3.8) is 0 Å². The van der Waals surface area contributed by atoms with E-state index in [0.717, 1.165) is 37.2 Å². The number of nitrogens with one attached hydrogen (secondary N) is 1. The number of ether oxygens (including phenoxy) is 4. The lowest BCUT2D eigenvalue weighted by atomic mass is 10.0. The van der Waals surface area contributed by atoms with E-state index in [-0.39, 0.29) is 11.9 Å². The number of morpholine rings is 1. The van der Waals surface area contributed by atoms with Crippen LogP contribution in [0.4, 0.5) is 0 Å². The molecule has 0 aromatic heterocycles. The first-order chi connectivity index (χ1) is 15.6. The van der Waals surface area contributed by atoms with Gasteiger partial charge in [0.25, 0.3) is 5.91 Å². The van der Waals surface area contributed by atoms with E-state index in [1.54, 1.807) is 32.4 Å². The van der Waals surface area contributed by atoms with Crippen molar-refractivity contribution < 1.29 is 23.7 Å². The molecule has 174 valence electrons. The number of unbranched alkanes of at least 4 members (excludes halogenated alkanes) is 1. The normalized spacial score (nSPS) is 15.1. The van der Waals surface area contributed by atoms with E-state index < -0.39 is 0 Å². The molecule has 1 heterocycles. The number of hydrogen-bond donors (Lipinski definition) is 1. The Hall–Kier alpha value is -2.77. The van der Waals surface area contributed by atoms with Gasteiger partial charge in [0, 0.05) is 25.2 Å². The Bertz CT molecular complexity index is 850. The predicted molar refractivity (Wildman–Crippen MR) is 124 cm³/mol. The Morgan fingerprint density at radius 2 is 1.81 bits per heavy atom. The predicted octanol–water partition coefficient (Wildman–Crippen LogP) is 3.69. The monoisotopic (exact) mass is 442 g/mol. The molecule has 7 nitrogen and oxygen atoms in total. The van der Waals surface area contributed by atoms with Gasteiger partial charge in [-0.05, 0) is 42.3 Å². The minimum Gasteiger partial charge on any atom is -0.497 e. The van der Waals surface area contributed by atoms with Gasteiger partial charge in [0.15, 0.2) is 11.5 Å². The molecule has 2 aromatic rings. The maximum absolute atomic E-state index is 13.2. The molecule has 1 aliphatic rings. The highest BCUT2D eigenvalue weighted by atomic mass is 16.5. The van der Waals surface area contributed by atoms with Gasteiger partial charge in [-0.1, -0.05) is 25.5 Å². The van der Waals surface area contributed by atoms with Crippen molar-refractivity contribution >= 4 is 5.91 Å². The Labute approximate surface area is 190 Å². The molecule has 1 aliphatic heterocycles. The zero-order valence-electron chi connectivity index (χ0n) is 19.3. The molecule has 32 heavy (non-hydrogen) atoms. The third-order valence-electron chi connectivity index (χ3n) is 5.55.